The largest absolute Gasteiger partial charge is 0.310 e. The number of hydrogen-bond acceptors (Lipinski definition) is 1. The molecule has 67 heavy (non-hydrogen) atoms. The first-order chi connectivity index (χ1) is 33.2. The quantitative estimate of drug-likeness (QED) is 0.147. The van der Waals surface area contributed by atoms with Crippen molar-refractivity contribution >= 4 is 27.8 Å². The maximum atomic E-state index is 2.48. The molecule has 11 aromatic carbocycles. The topological polar surface area (TPSA) is 3.24 Å². The van der Waals surface area contributed by atoms with Gasteiger partial charge in [-0.15, -0.1) is 0 Å². The van der Waals surface area contributed by atoms with E-state index in [1.807, 2.05) is 0 Å². The lowest BCUT2D eigenvalue weighted by Crippen LogP contribution is -2.28. The summed E-state index contributed by atoms with van der Waals surface area (Å²) in [6.45, 7) is 0. The van der Waals surface area contributed by atoms with Crippen LogP contribution in [0.15, 0.2) is 273 Å². The third-order valence-corrected chi connectivity index (χ3v) is 14.6. The zero-order chi connectivity index (χ0) is 44.4. The number of hydrogen-bond donors (Lipinski definition) is 0. The summed E-state index contributed by atoms with van der Waals surface area (Å²) in [5.74, 6) is 0. The van der Waals surface area contributed by atoms with Gasteiger partial charge >= 0.3 is 0 Å². The fraction of sp³-hybridized carbons (Fsp3) is 0.0303. The number of nitrogens with zero attached hydrogens (tertiary/aromatic N) is 1. The second kappa shape index (κ2) is 15.6. The van der Waals surface area contributed by atoms with Crippen LogP contribution in [0.25, 0.3) is 44.2 Å². The highest BCUT2D eigenvalue weighted by Crippen LogP contribution is 2.59. The normalized spacial score (nSPS) is 13.6. The van der Waals surface area contributed by atoms with Crippen molar-refractivity contribution in [2.45, 2.75) is 10.8 Å². The van der Waals surface area contributed by atoms with Crippen molar-refractivity contribution < 1.29 is 0 Å². The van der Waals surface area contributed by atoms with Gasteiger partial charge in [-0.25, -0.2) is 0 Å². The van der Waals surface area contributed by atoms with E-state index in [4.69, 9.17) is 0 Å². The molecule has 0 spiro atoms. The van der Waals surface area contributed by atoms with Crippen molar-refractivity contribution in [3.05, 3.63) is 317 Å². The predicted octanol–water partition coefficient (Wildman–Crippen LogP) is 16.7. The SMILES string of the molecule is c1ccc(C2(c3ccccc3)c3ccccc3-c3cc(N(c4ccc(-c5cccc6ccccc56)cc4)c4ccc5c(c4)C(c4ccccc4)(c4ccccc4)c4ccccc4-5)ccc32)cc1. The van der Waals surface area contributed by atoms with Crippen molar-refractivity contribution in [3.8, 4) is 33.4 Å². The number of benzene rings is 11. The first kappa shape index (κ1) is 38.9. The number of anilines is 3. The molecule has 0 saturated carbocycles. The highest BCUT2D eigenvalue weighted by molar-refractivity contribution is 5.98. The van der Waals surface area contributed by atoms with E-state index in [0.717, 1.165) is 17.1 Å². The monoisotopic (exact) mass is 851 g/mol. The molecule has 13 rings (SSSR count). The maximum absolute atomic E-state index is 2.48. The highest BCUT2D eigenvalue weighted by atomic mass is 15.1. The summed E-state index contributed by atoms with van der Waals surface area (Å²) in [6.07, 6.45) is 0. The van der Waals surface area contributed by atoms with Crippen LogP contribution in [0.2, 0.25) is 0 Å². The first-order valence-electron chi connectivity index (χ1n) is 23.3. The molecule has 2 aliphatic rings. The summed E-state index contributed by atoms with van der Waals surface area (Å²) >= 11 is 0. The second-order valence-electron chi connectivity index (χ2n) is 17.9. The zero-order valence-corrected chi connectivity index (χ0v) is 36.9. The predicted molar refractivity (Wildman–Crippen MR) is 279 cm³/mol. The minimum absolute atomic E-state index is 0.484. The van der Waals surface area contributed by atoms with Crippen LogP contribution < -0.4 is 4.90 Å². The van der Waals surface area contributed by atoms with Gasteiger partial charge in [0.2, 0.25) is 0 Å². The van der Waals surface area contributed by atoms with E-state index in [0.29, 0.717) is 0 Å². The van der Waals surface area contributed by atoms with Crippen LogP contribution in [0.3, 0.4) is 0 Å². The summed E-state index contributed by atoms with van der Waals surface area (Å²) < 4.78 is 0. The van der Waals surface area contributed by atoms with Gasteiger partial charge in [-0.3, -0.25) is 0 Å². The Morgan fingerprint density at radius 1 is 0.239 bits per heavy atom. The van der Waals surface area contributed by atoms with Gasteiger partial charge in [-0.05, 0) is 125 Å². The van der Waals surface area contributed by atoms with E-state index in [-0.39, 0.29) is 0 Å². The Morgan fingerprint density at radius 2 is 0.642 bits per heavy atom. The van der Waals surface area contributed by atoms with Gasteiger partial charge < -0.3 is 4.90 Å². The van der Waals surface area contributed by atoms with Gasteiger partial charge in [0.1, 0.15) is 0 Å². The molecule has 0 aliphatic heterocycles. The molecular formula is C66H45N. The third kappa shape index (κ3) is 5.81. The van der Waals surface area contributed by atoms with Gasteiger partial charge in [-0.2, -0.15) is 0 Å². The minimum Gasteiger partial charge on any atom is -0.310 e. The molecule has 0 bridgehead atoms. The van der Waals surface area contributed by atoms with Crippen molar-refractivity contribution in [1.82, 2.24) is 0 Å². The summed E-state index contributed by atoms with van der Waals surface area (Å²) in [6, 6.07) is 101. The lowest BCUT2D eigenvalue weighted by molar-refractivity contribution is 0.768. The Bertz CT molecular complexity index is 3530. The summed E-state index contributed by atoms with van der Waals surface area (Å²) in [5, 5.41) is 2.49. The van der Waals surface area contributed by atoms with E-state index in [9.17, 15) is 0 Å². The van der Waals surface area contributed by atoms with Crippen LogP contribution in [0.4, 0.5) is 17.1 Å². The molecule has 0 fully saturated rings. The van der Waals surface area contributed by atoms with Crippen LogP contribution in [0.5, 0.6) is 0 Å². The number of rotatable bonds is 8. The molecule has 1 nitrogen and oxygen atoms in total. The van der Waals surface area contributed by atoms with E-state index in [1.165, 1.54) is 88.7 Å². The van der Waals surface area contributed by atoms with E-state index < -0.39 is 10.8 Å². The highest BCUT2D eigenvalue weighted by Gasteiger charge is 2.48. The lowest BCUT2D eigenvalue weighted by atomic mass is 9.67. The average Bonchev–Trinajstić information content (AvgIpc) is 3.88. The van der Waals surface area contributed by atoms with Gasteiger partial charge in [0.15, 0.2) is 0 Å². The third-order valence-electron chi connectivity index (χ3n) is 14.6. The first-order valence-corrected chi connectivity index (χ1v) is 23.3. The minimum atomic E-state index is -0.532. The van der Waals surface area contributed by atoms with Crippen molar-refractivity contribution in [1.29, 1.82) is 0 Å². The molecule has 11 aromatic rings. The average molecular weight is 852 g/mol. The molecule has 314 valence electrons. The molecule has 2 aliphatic carbocycles. The van der Waals surface area contributed by atoms with Crippen LogP contribution >= 0.6 is 0 Å². The molecule has 0 unspecified atom stereocenters. The van der Waals surface area contributed by atoms with E-state index in [2.05, 4.69) is 278 Å². The zero-order valence-electron chi connectivity index (χ0n) is 36.9. The fourth-order valence-corrected chi connectivity index (χ4v) is 11.9. The van der Waals surface area contributed by atoms with Crippen molar-refractivity contribution in [3.63, 3.8) is 0 Å². The van der Waals surface area contributed by atoms with E-state index in [1.54, 1.807) is 0 Å². The van der Waals surface area contributed by atoms with Crippen LogP contribution in [0, 0.1) is 0 Å². The molecule has 0 amide bonds. The van der Waals surface area contributed by atoms with Gasteiger partial charge in [0.05, 0.1) is 10.8 Å². The van der Waals surface area contributed by atoms with Crippen LogP contribution in [0.1, 0.15) is 44.5 Å². The molecule has 0 saturated heterocycles. The van der Waals surface area contributed by atoms with Gasteiger partial charge in [0, 0.05) is 17.1 Å². The number of fused-ring (bicyclic) bond motifs is 7. The Labute approximate surface area is 392 Å². The smallest absolute Gasteiger partial charge is 0.0714 e. The summed E-state index contributed by atoms with van der Waals surface area (Å²) in [7, 11) is 0. The molecule has 0 heterocycles. The Balaban J connectivity index is 1.06. The van der Waals surface area contributed by atoms with Crippen LogP contribution in [-0.4, -0.2) is 0 Å². The standard InChI is InChI=1S/C66H45N/c1-5-22-48(23-6-1)65(49-24-7-2-8-25-49)62-35-18-16-32-58(62)60-44-53(41-43-63(60)65)67(52-38-36-47(37-39-52)56-33-19-21-46-20-13-14-30-55(46)56)54-40-42-59-57-31-15-17-34-61(57)66(64(59)45-54,50-26-9-3-10-27-50)51-28-11-4-12-29-51/h1-45H. The molecule has 0 radical (unpaired) electrons. The molecule has 1 heteroatoms. The van der Waals surface area contributed by atoms with Crippen molar-refractivity contribution in [2.75, 3.05) is 4.90 Å². The molecular weight excluding hydrogens is 807 g/mol. The Hall–Kier alpha value is -8.52. The molecule has 0 atom stereocenters. The Morgan fingerprint density at radius 3 is 1.24 bits per heavy atom. The summed E-state index contributed by atoms with van der Waals surface area (Å²) in [4.78, 5) is 2.48. The maximum Gasteiger partial charge on any atom is 0.0714 e. The lowest BCUT2D eigenvalue weighted by Gasteiger charge is -2.35. The van der Waals surface area contributed by atoms with Crippen molar-refractivity contribution in [2.24, 2.45) is 0 Å². The van der Waals surface area contributed by atoms with Crippen LogP contribution in [-0.2, 0) is 10.8 Å². The molecule has 0 aromatic heterocycles. The van der Waals surface area contributed by atoms with E-state index >= 15 is 0 Å². The van der Waals surface area contributed by atoms with Gasteiger partial charge in [-0.1, -0.05) is 237 Å². The fourth-order valence-electron chi connectivity index (χ4n) is 11.9. The summed E-state index contributed by atoms with van der Waals surface area (Å²) in [5.41, 5.74) is 19.9. The molecule has 0 N–H and O–H groups in total. The van der Waals surface area contributed by atoms with Gasteiger partial charge in [0.25, 0.3) is 0 Å². The Kier molecular flexibility index (Phi) is 9.05. The second-order valence-corrected chi connectivity index (χ2v) is 17.9.